The van der Waals surface area contributed by atoms with Gasteiger partial charge in [-0.2, -0.15) is 5.26 Å². The van der Waals surface area contributed by atoms with Gasteiger partial charge in [-0.25, -0.2) is 0 Å². The van der Waals surface area contributed by atoms with E-state index in [0.29, 0.717) is 18.4 Å². The number of carbonyl (C=O) groups excluding carboxylic acids is 2. The van der Waals surface area contributed by atoms with E-state index in [-0.39, 0.29) is 18.1 Å². The van der Waals surface area contributed by atoms with Gasteiger partial charge in [0.25, 0.3) is 0 Å². The summed E-state index contributed by atoms with van der Waals surface area (Å²) >= 11 is 0. The van der Waals surface area contributed by atoms with Crippen LogP contribution in [0.25, 0.3) is 0 Å². The fraction of sp³-hybridized carbons (Fsp3) is 0.353. The SMILES string of the molecule is CC1=CC[C@@]2(CC#N)c3ccccc3C(=O)C(=O)[C@@H]2C1. The van der Waals surface area contributed by atoms with Gasteiger partial charge in [-0.15, -0.1) is 0 Å². The van der Waals surface area contributed by atoms with Gasteiger partial charge in [0, 0.05) is 23.3 Å². The Hall–Kier alpha value is -2.21. The van der Waals surface area contributed by atoms with Crippen LogP contribution in [0.3, 0.4) is 0 Å². The van der Waals surface area contributed by atoms with Crippen molar-refractivity contribution in [3.63, 3.8) is 0 Å². The van der Waals surface area contributed by atoms with E-state index < -0.39 is 11.2 Å². The number of carbonyl (C=O) groups is 2. The largest absolute Gasteiger partial charge is 0.290 e. The van der Waals surface area contributed by atoms with Gasteiger partial charge in [-0.1, -0.05) is 35.9 Å². The molecule has 0 spiro atoms. The van der Waals surface area contributed by atoms with Crippen molar-refractivity contribution in [1.29, 1.82) is 5.26 Å². The molecule has 100 valence electrons. The maximum Gasteiger partial charge on any atom is 0.229 e. The average Bonchev–Trinajstić information content (AvgIpc) is 2.47. The summed E-state index contributed by atoms with van der Waals surface area (Å²) in [6, 6.07) is 9.48. The molecule has 0 aliphatic heterocycles. The number of allylic oxidation sites excluding steroid dienone is 2. The minimum absolute atomic E-state index is 0.275. The second-order valence-electron chi connectivity index (χ2n) is 5.74. The molecule has 1 aromatic carbocycles. The molecule has 0 N–H and O–H groups in total. The lowest BCUT2D eigenvalue weighted by molar-refractivity contribution is -0.121. The third-order valence-electron chi connectivity index (χ3n) is 4.65. The van der Waals surface area contributed by atoms with E-state index in [1.54, 1.807) is 12.1 Å². The maximum atomic E-state index is 12.5. The summed E-state index contributed by atoms with van der Waals surface area (Å²) in [5, 5.41) is 9.23. The highest BCUT2D eigenvalue weighted by Gasteiger charge is 2.52. The predicted octanol–water partition coefficient (Wildman–Crippen LogP) is 2.96. The molecule has 2 aliphatic rings. The Balaban J connectivity index is 2.28. The molecule has 2 aliphatic carbocycles. The minimum Gasteiger partial charge on any atom is -0.290 e. The third-order valence-corrected chi connectivity index (χ3v) is 4.65. The van der Waals surface area contributed by atoms with E-state index in [1.165, 1.54) is 0 Å². The second-order valence-corrected chi connectivity index (χ2v) is 5.74. The molecule has 0 radical (unpaired) electrons. The summed E-state index contributed by atoms with van der Waals surface area (Å²) in [5.74, 6) is -1.10. The summed E-state index contributed by atoms with van der Waals surface area (Å²) in [4.78, 5) is 24.7. The first kappa shape index (κ1) is 12.8. The number of nitriles is 1. The molecule has 0 aromatic heterocycles. The Labute approximate surface area is 117 Å². The molecule has 0 bridgehead atoms. The molecule has 0 saturated carbocycles. The topological polar surface area (TPSA) is 57.9 Å². The molecule has 3 heteroatoms. The normalized spacial score (nSPS) is 28.2. The van der Waals surface area contributed by atoms with E-state index >= 15 is 0 Å². The number of hydrogen-bond donors (Lipinski definition) is 0. The number of nitrogens with zero attached hydrogens (tertiary/aromatic N) is 1. The quantitative estimate of drug-likeness (QED) is 0.579. The Morgan fingerprint density at radius 2 is 2.10 bits per heavy atom. The summed E-state index contributed by atoms with van der Waals surface area (Å²) < 4.78 is 0. The highest BCUT2D eigenvalue weighted by atomic mass is 16.2. The highest BCUT2D eigenvalue weighted by Crippen LogP contribution is 2.50. The molecule has 2 atom stereocenters. The van der Waals surface area contributed by atoms with Gasteiger partial charge in [0.05, 0.1) is 6.07 Å². The number of rotatable bonds is 1. The van der Waals surface area contributed by atoms with Crippen LogP contribution in [0.15, 0.2) is 35.9 Å². The highest BCUT2D eigenvalue weighted by molar-refractivity contribution is 6.46. The monoisotopic (exact) mass is 265 g/mol. The Bertz CT molecular complexity index is 680. The zero-order chi connectivity index (χ0) is 14.3. The zero-order valence-electron chi connectivity index (χ0n) is 11.3. The van der Waals surface area contributed by atoms with Crippen LogP contribution < -0.4 is 0 Å². The van der Waals surface area contributed by atoms with E-state index in [0.717, 1.165) is 11.1 Å². The molecule has 20 heavy (non-hydrogen) atoms. The van der Waals surface area contributed by atoms with Crippen LogP contribution in [0.5, 0.6) is 0 Å². The van der Waals surface area contributed by atoms with E-state index in [2.05, 4.69) is 12.1 Å². The minimum atomic E-state index is -0.518. The molecule has 3 nitrogen and oxygen atoms in total. The molecule has 3 rings (SSSR count). The lowest BCUT2D eigenvalue weighted by Gasteiger charge is -2.44. The Morgan fingerprint density at radius 3 is 2.85 bits per heavy atom. The second kappa shape index (κ2) is 4.42. The zero-order valence-corrected chi connectivity index (χ0v) is 11.3. The number of ketones is 2. The molecule has 0 fully saturated rings. The molecular weight excluding hydrogens is 250 g/mol. The van der Waals surface area contributed by atoms with Crippen molar-refractivity contribution in [2.45, 2.75) is 31.6 Å². The first-order chi connectivity index (χ1) is 9.60. The third kappa shape index (κ3) is 1.58. The molecular formula is C17H15NO2. The Morgan fingerprint density at radius 1 is 1.35 bits per heavy atom. The average molecular weight is 265 g/mol. The van der Waals surface area contributed by atoms with Crippen molar-refractivity contribution in [3.05, 3.63) is 47.0 Å². The fourth-order valence-corrected chi connectivity index (χ4v) is 3.58. The predicted molar refractivity (Wildman–Crippen MR) is 74.2 cm³/mol. The van der Waals surface area contributed by atoms with Gasteiger partial charge in [-0.05, 0) is 25.3 Å². The van der Waals surface area contributed by atoms with Crippen molar-refractivity contribution in [2.24, 2.45) is 5.92 Å². The van der Waals surface area contributed by atoms with Crippen LogP contribution in [-0.2, 0) is 10.2 Å². The van der Waals surface area contributed by atoms with Crippen LogP contribution in [-0.4, -0.2) is 11.6 Å². The van der Waals surface area contributed by atoms with Crippen molar-refractivity contribution in [1.82, 2.24) is 0 Å². The molecule has 1 aromatic rings. The summed E-state index contributed by atoms with van der Waals surface area (Å²) in [6.07, 6.45) is 3.62. The first-order valence-corrected chi connectivity index (χ1v) is 6.81. The summed E-state index contributed by atoms with van der Waals surface area (Å²) in [7, 11) is 0. The number of fused-ring (bicyclic) bond motifs is 3. The summed E-state index contributed by atoms with van der Waals surface area (Å²) in [6.45, 7) is 1.98. The Kier molecular flexibility index (Phi) is 2.83. The van der Waals surface area contributed by atoms with Gasteiger partial charge < -0.3 is 0 Å². The number of hydrogen-bond acceptors (Lipinski definition) is 3. The fourth-order valence-electron chi connectivity index (χ4n) is 3.58. The molecule has 0 unspecified atom stereocenters. The van der Waals surface area contributed by atoms with Crippen molar-refractivity contribution >= 4 is 11.6 Å². The standard InChI is InChI=1S/C17H15NO2/c1-11-6-7-17(8-9-18)13-5-3-2-4-12(13)15(19)16(20)14(17)10-11/h2-6,14H,7-8,10H2,1H3/t14-,17+/m0/s1. The van der Waals surface area contributed by atoms with Crippen LogP contribution in [0, 0.1) is 17.2 Å². The lowest BCUT2D eigenvalue weighted by atomic mass is 9.56. The smallest absolute Gasteiger partial charge is 0.229 e. The van der Waals surface area contributed by atoms with Gasteiger partial charge in [0.15, 0.2) is 0 Å². The van der Waals surface area contributed by atoms with Crippen LogP contribution >= 0.6 is 0 Å². The van der Waals surface area contributed by atoms with Crippen molar-refractivity contribution in [2.75, 3.05) is 0 Å². The summed E-state index contributed by atoms with van der Waals surface area (Å²) in [5.41, 5.74) is 1.97. The van der Waals surface area contributed by atoms with Crippen LogP contribution in [0.4, 0.5) is 0 Å². The number of Topliss-reactive ketones (excluding diaryl/α,β-unsaturated/α-hetero) is 2. The molecule has 0 saturated heterocycles. The van der Waals surface area contributed by atoms with Crippen LogP contribution in [0.2, 0.25) is 0 Å². The number of benzene rings is 1. The maximum absolute atomic E-state index is 12.5. The van der Waals surface area contributed by atoms with Gasteiger partial charge in [0.2, 0.25) is 11.6 Å². The van der Waals surface area contributed by atoms with E-state index in [9.17, 15) is 14.9 Å². The van der Waals surface area contributed by atoms with E-state index in [4.69, 9.17) is 0 Å². The van der Waals surface area contributed by atoms with E-state index in [1.807, 2.05) is 19.1 Å². The van der Waals surface area contributed by atoms with Gasteiger partial charge in [0.1, 0.15) is 0 Å². The van der Waals surface area contributed by atoms with Gasteiger partial charge in [-0.3, -0.25) is 9.59 Å². The molecule has 0 heterocycles. The van der Waals surface area contributed by atoms with Crippen molar-refractivity contribution in [3.8, 4) is 6.07 Å². The molecule has 0 amide bonds. The van der Waals surface area contributed by atoms with Crippen LogP contribution in [0.1, 0.15) is 42.1 Å². The lowest BCUT2D eigenvalue weighted by Crippen LogP contribution is -2.49. The first-order valence-electron chi connectivity index (χ1n) is 6.81. The van der Waals surface area contributed by atoms with Crippen molar-refractivity contribution < 1.29 is 9.59 Å². The van der Waals surface area contributed by atoms with Gasteiger partial charge >= 0.3 is 0 Å².